The number of aliphatic imine (C=N–C) groups is 2. The van der Waals surface area contributed by atoms with Crippen molar-refractivity contribution in [3.05, 3.63) is 46.1 Å². The summed E-state index contributed by atoms with van der Waals surface area (Å²) >= 11 is 3.11. The van der Waals surface area contributed by atoms with Crippen molar-refractivity contribution in [3.63, 3.8) is 0 Å². The van der Waals surface area contributed by atoms with Gasteiger partial charge in [0.2, 0.25) is 5.96 Å². The van der Waals surface area contributed by atoms with Crippen LogP contribution in [-0.2, 0) is 6.61 Å². The van der Waals surface area contributed by atoms with Crippen molar-refractivity contribution in [2.75, 3.05) is 6.26 Å². The molecule has 3 N–H and O–H groups in total. The van der Waals surface area contributed by atoms with Crippen LogP contribution in [0.15, 0.2) is 38.5 Å². The number of allylic oxidation sites excluding steroid dienone is 1. The molecule has 5 nitrogen and oxygen atoms in total. The van der Waals surface area contributed by atoms with Crippen LogP contribution in [0, 0.1) is 13.8 Å². The molecule has 1 aromatic carbocycles. The Hall–Kier alpha value is -1.96. The number of thiazole rings is 1. The molecule has 0 unspecified atom stereocenters. The van der Waals surface area contributed by atoms with E-state index in [1.54, 1.807) is 24.1 Å². The third-order valence-electron chi connectivity index (χ3n) is 2.99. The van der Waals surface area contributed by atoms with Gasteiger partial charge in [0.25, 0.3) is 0 Å². The molecular weight excluding hydrogens is 340 g/mol. The number of thioether (sulfide) groups is 1. The number of hydrogen-bond donors (Lipinski definition) is 2. The number of aliphatic hydroxyl groups is 1. The van der Waals surface area contributed by atoms with Gasteiger partial charge < -0.3 is 10.8 Å². The second kappa shape index (κ2) is 8.77. The Morgan fingerprint density at radius 3 is 2.62 bits per heavy atom. The second-order valence-corrected chi connectivity index (χ2v) is 7.21. The Morgan fingerprint density at radius 2 is 2.04 bits per heavy atom. The number of nitrogens with zero attached hydrogens (tertiary/aromatic N) is 3. The highest BCUT2D eigenvalue weighted by Crippen LogP contribution is 2.28. The number of guanidine groups is 1. The molecular formula is C17H20N4OS2. The van der Waals surface area contributed by atoms with Crippen molar-refractivity contribution in [1.82, 2.24) is 4.98 Å². The Kier molecular flexibility index (Phi) is 6.72. The summed E-state index contributed by atoms with van der Waals surface area (Å²) in [6, 6.07) is 6.00. The van der Waals surface area contributed by atoms with Gasteiger partial charge in [0, 0.05) is 6.21 Å². The lowest BCUT2D eigenvalue weighted by Gasteiger charge is -1.99. The number of aromatic nitrogens is 1. The molecule has 2 rings (SSSR count). The van der Waals surface area contributed by atoms with Gasteiger partial charge in [-0.15, -0.1) is 23.1 Å². The molecule has 0 bridgehead atoms. The zero-order chi connectivity index (χ0) is 17.5. The topological polar surface area (TPSA) is 83.9 Å². The first-order chi connectivity index (χ1) is 11.5. The molecule has 2 aromatic rings. The maximum absolute atomic E-state index is 9.23. The molecule has 126 valence electrons. The molecule has 0 spiro atoms. The van der Waals surface area contributed by atoms with Gasteiger partial charge in [-0.05, 0) is 55.5 Å². The first-order valence-corrected chi connectivity index (χ1v) is 9.33. The van der Waals surface area contributed by atoms with Crippen molar-refractivity contribution in [2.45, 2.75) is 24.7 Å². The van der Waals surface area contributed by atoms with Crippen LogP contribution < -0.4 is 5.73 Å². The standard InChI is InChI=1S/C17H20N4OS2/c1-11-7-12(2)9-13(8-11)20-17(18)19-6-4-5-15-21-14(10-22)16(23-3)24-15/h4-9,22H,10H2,1-3H3,(H2,18,20)/b5-4+,19-6-. The summed E-state index contributed by atoms with van der Waals surface area (Å²) in [6.07, 6.45) is 7.14. The Labute approximate surface area is 150 Å². The molecule has 24 heavy (non-hydrogen) atoms. The lowest BCUT2D eigenvalue weighted by molar-refractivity contribution is 0.275. The first-order valence-electron chi connectivity index (χ1n) is 7.29. The lowest BCUT2D eigenvalue weighted by Crippen LogP contribution is -2.07. The number of nitrogens with two attached hydrogens (primary N) is 1. The molecule has 0 aliphatic rings. The lowest BCUT2D eigenvalue weighted by atomic mass is 10.1. The summed E-state index contributed by atoms with van der Waals surface area (Å²) in [5.41, 5.74) is 9.60. The van der Waals surface area contributed by atoms with Gasteiger partial charge in [0.15, 0.2) is 0 Å². The summed E-state index contributed by atoms with van der Waals surface area (Å²) in [4.78, 5) is 12.7. The zero-order valence-electron chi connectivity index (χ0n) is 13.9. The summed E-state index contributed by atoms with van der Waals surface area (Å²) in [5.74, 6) is 0.199. The van der Waals surface area contributed by atoms with Crippen molar-refractivity contribution < 1.29 is 5.11 Å². The van der Waals surface area contributed by atoms with Gasteiger partial charge in [-0.25, -0.2) is 15.0 Å². The molecule has 1 heterocycles. The maximum Gasteiger partial charge on any atom is 0.220 e. The summed E-state index contributed by atoms with van der Waals surface area (Å²) in [7, 11) is 0. The van der Waals surface area contributed by atoms with Crippen LogP contribution in [-0.4, -0.2) is 28.5 Å². The van der Waals surface area contributed by atoms with Gasteiger partial charge >= 0.3 is 0 Å². The van der Waals surface area contributed by atoms with E-state index in [1.165, 1.54) is 11.3 Å². The normalized spacial score (nSPS) is 12.6. The Morgan fingerprint density at radius 1 is 1.33 bits per heavy atom. The van der Waals surface area contributed by atoms with E-state index in [-0.39, 0.29) is 12.6 Å². The van der Waals surface area contributed by atoms with E-state index in [2.05, 4.69) is 21.0 Å². The average Bonchev–Trinajstić information content (AvgIpc) is 2.93. The van der Waals surface area contributed by atoms with Crippen LogP contribution in [0.5, 0.6) is 0 Å². The van der Waals surface area contributed by atoms with Crippen LogP contribution in [0.1, 0.15) is 21.8 Å². The fraction of sp³-hybridized carbons (Fsp3) is 0.235. The highest BCUT2D eigenvalue weighted by molar-refractivity contribution is 8.00. The molecule has 0 aliphatic carbocycles. The van der Waals surface area contributed by atoms with Gasteiger partial charge in [-0.2, -0.15) is 0 Å². The van der Waals surface area contributed by atoms with E-state index in [0.717, 1.165) is 26.0 Å². The summed E-state index contributed by atoms with van der Waals surface area (Å²) in [5, 5.41) is 10.1. The second-order valence-electron chi connectivity index (χ2n) is 5.10. The maximum atomic E-state index is 9.23. The van der Waals surface area contributed by atoms with Crippen LogP contribution in [0.2, 0.25) is 0 Å². The molecule has 0 atom stereocenters. The number of hydrogen-bond acceptors (Lipinski definition) is 5. The number of rotatable bonds is 5. The average molecular weight is 361 g/mol. The third kappa shape index (κ3) is 5.30. The van der Waals surface area contributed by atoms with Crippen LogP contribution in [0.3, 0.4) is 0 Å². The monoisotopic (exact) mass is 360 g/mol. The van der Waals surface area contributed by atoms with E-state index in [0.29, 0.717) is 5.69 Å². The first kappa shape index (κ1) is 18.4. The molecule has 7 heteroatoms. The molecule has 0 saturated heterocycles. The van der Waals surface area contributed by atoms with E-state index in [4.69, 9.17) is 5.73 Å². The zero-order valence-corrected chi connectivity index (χ0v) is 15.5. The fourth-order valence-corrected chi connectivity index (χ4v) is 3.76. The van der Waals surface area contributed by atoms with Crippen molar-refractivity contribution in [1.29, 1.82) is 0 Å². The van der Waals surface area contributed by atoms with Crippen molar-refractivity contribution in [2.24, 2.45) is 15.7 Å². The predicted molar refractivity (Wildman–Crippen MR) is 105 cm³/mol. The predicted octanol–water partition coefficient (Wildman–Crippen LogP) is 3.70. The summed E-state index contributed by atoms with van der Waals surface area (Å²) in [6.45, 7) is 3.99. The van der Waals surface area contributed by atoms with E-state index in [1.807, 2.05) is 38.3 Å². The van der Waals surface area contributed by atoms with Gasteiger partial charge in [-0.3, -0.25) is 0 Å². The molecule has 0 radical (unpaired) electrons. The Bertz CT molecular complexity index is 752. The van der Waals surface area contributed by atoms with Crippen LogP contribution >= 0.6 is 23.1 Å². The molecule has 0 amide bonds. The number of benzene rings is 1. The fourth-order valence-electron chi connectivity index (χ4n) is 2.11. The molecule has 0 aliphatic heterocycles. The van der Waals surface area contributed by atoms with Crippen LogP contribution in [0.4, 0.5) is 5.69 Å². The van der Waals surface area contributed by atoms with E-state index < -0.39 is 0 Å². The SMILES string of the molecule is CSc1sc(/C=C/C=N\C(N)=Nc2cc(C)cc(C)c2)nc1CO. The quantitative estimate of drug-likeness (QED) is 0.484. The van der Waals surface area contributed by atoms with Gasteiger partial charge in [-0.1, -0.05) is 6.07 Å². The van der Waals surface area contributed by atoms with E-state index >= 15 is 0 Å². The Balaban J connectivity index is 2.04. The van der Waals surface area contributed by atoms with E-state index in [9.17, 15) is 5.11 Å². The minimum absolute atomic E-state index is 0.0515. The highest BCUT2D eigenvalue weighted by Gasteiger charge is 2.06. The minimum atomic E-state index is -0.0515. The number of aryl methyl sites for hydroxylation is 2. The number of aliphatic hydroxyl groups excluding tert-OH is 1. The third-order valence-corrected chi connectivity index (χ3v) is 5.21. The summed E-state index contributed by atoms with van der Waals surface area (Å²) < 4.78 is 1.02. The smallest absolute Gasteiger partial charge is 0.220 e. The minimum Gasteiger partial charge on any atom is -0.390 e. The molecule has 1 aromatic heterocycles. The molecule has 0 saturated carbocycles. The van der Waals surface area contributed by atoms with Gasteiger partial charge in [0.1, 0.15) is 5.01 Å². The van der Waals surface area contributed by atoms with Crippen molar-refractivity contribution >= 4 is 47.0 Å². The van der Waals surface area contributed by atoms with Crippen LogP contribution in [0.25, 0.3) is 6.08 Å². The van der Waals surface area contributed by atoms with Gasteiger partial charge in [0.05, 0.1) is 22.2 Å². The highest BCUT2D eigenvalue weighted by atomic mass is 32.2. The molecule has 0 fully saturated rings. The largest absolute Gasteiger partial charge is 0.390 e. The van der Waals surface area contributed by atoms with Crippen molar-refractivity contribution in [3.8, 4) is 0 Å².